The molecule has 3 aliphatic carbocycles. The lowest BCUT2D eigenvalue weighted by Gasteiger charge is -2.30. The number of nitrogens with zero attached hydrogens (tertiary/aromatic N) is 8. The average Bonchev–Trinajstić information content (AvgIpc) is 3.76. The third kappa shape index (κ3) is 7.39. The van der Waals surface area contributed by atoms with Crippen molar-refractivity contribution in [1.82, 2.24) is 37.4 Å². The molecule has 1 aromatic carbocycles. The number of allylic oxidation sites excluding steroid dienone is 4. The number of benzene rings is 1. The van der Waals surface area contributed by atoms with Crippen molar-refractivity contribution in [1.29, 1.82) is 0 Å². The summed E-state index contributed by atoms with van der Waals surface area (Å²) in [5, 5.41) is 7.30. The first-order chi connectivity index (χ1) is 27.5. The predicted octanol–water partition coefficient (Wildman–Crippen LogP) is 4.69. The van der Waals surface area contributed by atoms with Gasteiger partial charge in [-0.1, -0.05) is 55.5 Å². The van der Waals surface area contributed by atoms with Gasteiger partial charge in [0.2, 0.25) is 11.9 Å². The summed E-state index contributed by atoms with van der Waals surface area (Å²) in [5.41, 5.74) is 3.34. The van der Waals surface area contributed by atoms with Gasteiger partial charge < -0.3 is 15.4 Å². The molecule has 0 bridgehead atoms. The van der Waals surface area contributed by atoms with Gasteiger partial charge in [0.05, 0.1) is 19.7 Å². The van der Waals surface area contributed by atoms with E-state index in [1.807, 2.05) is 33.4 Å². The number of hydrogen-bond donors (Lipinski definition) is 2. The Morgan fingerprint density at radius 2 is 1.30 bits per heavy atom. The van der Waals surface area contributed by atoms with Gasteiger partial charge in [-0.3, -0.25) is 37.0 Å². The number of ether oxygens (including phenoxy) is 1. The van der Waals surface area contributed by atoms with E-state index in [2.05, 4.69) is 29.7 Å². The molecule has 15 heteroatoms. The lowest BCUT2D eigenvalue weighted by atomic mass is 9.86. The summed E-state index contributed by atoms with van der Waals surface area (Å²) in [4.78, 5) is 62.4. The summed E-state index contributed by atoms with van der Waals surface area (Å²) >= 11 is 0. The van der Waals surface area contributed by atoms with Gasteiger partial charge in [-0.25, -0.2) is 9.59 Å². The van der Waals surface area contributed by atoms with Crippen molar-refractivity contribution >= 4 is 34.2 Å². The third-order valence-electron chi connectivity index (χ3n) is 12.3. The number of hydrogen-bond acceptors (Lipinski definition) is 9. The third-order valence-corrected chi connectivity index (χ3v) is 12.3. The summed E-state index contributed by atoms with van der Waals surface area (Å²) in [5.74, 6) is 2.23. The van der Waals surface area contributed by atoms with Crippen molar-refractivity contribution in [3.63, 3.8) is 0 Å². The van der Waals surface area contributed by atoms with Gasteiger partial charge in [0, 0.05) is 40.3 Å². The Bertz CT molecular complexity index is 2650. The highest BCUT2D eigenvalue weighted by Crippen LogP contribution is 2.31. The maximum Gasteiger partial charge on any atom is 0.332 e. The van der Waals surface area contributed by atoms with Crippen molar-refractivity contribution < 1.29 is 4.74 Å². The van der Waals surface area contributed by atoms with E-state index in [0.717, 1.165) is 90.2 Å². The lowest BCUT2D eigenvalue weighted by Crippen LogP contribution is -2.37. The summed E-state index contributed by atoms with van der Waals surface area (Å²) < 4.78 is 15.5. The highest BCUT2D eigenvalue weighted by atomic mass is 16.5. The fourth-order valence-corrected chi connectivity index (χ4v) is 8.95. The van der Waals surface area contributed by atoms with E-state index in [4.69, 9.17) is 14.7 Å². The summed E-state index contributed by atoms with van der Waals surface area (Å²) in [6.07, 6.45) is 15.9. The molecule has 2 atom stereocenters. The van der Waals surface area contributed by atoms with Gasteiger partial charge in [0.15, 0.2) is 22.3 Å². The Morgan fingerprint density at radius 1 is 0.702 bits per heavy atom. The van der Waals surface area contributed by atoms with Crippen LogP contribution in [0.2, 0.25) is 0 Å². The van der Waals surface area contributed by atoms with Gasteiger partial charge in [-0.2, -0.15) is 9.97 Å². The molecule has 0 spiro atoms. The molecule has 2 unspecified atom stereocenters. The molecule has 302 valence electrons. The number of aryl methyl sites for hydroxylation is 2. The van der Waals surface area contributed by atoms with Crippen LogP contribution in [0, 0.1) is 5.92 Å². The quantitative estimate of drug-likeness (QED) is 0.194. The Kier molecular flexibility index (Phi) is 10.6. The molecule has 8 rings (SSSR count). The van der Waals surface area contributed by atoms with E-state index < -0.39 is 11.4 Å². The largest absolute Gasteiger partial charge is 0.493 e. The summed E-state index contributed by atoms with van der Waals surface area (Å²) in [6, 6.07) is 8.33. The van der Waals surface area contributed by atoms with Crippen LogP contribution < -0.4 is 37.9 Å². The zero-order valence-electron chi connectivity index (χ0n) is 33.7. The highest BCUT2D eigenvalue weighted by molar-refractivity contribution is 5.75. The minimum atomic E-state index is -0.405. The van der Waals surface area contributed by atoms with Crippen LogP contribution in [0.15, 0.2) is 66.7 Å². The minimum absolute atomic E-state index is 0.107. The normalized spacial score (nSPS) is 19.2. The zero-order chi connectivity index (χ0) is 40.0. The Hall–Kier alpha value is -5.60. The van der Waals surface area contributed by atoms with Crippen LogP contribution >= 0.6 is 0 Å². The van der Waals surface area contributed by atoms with Crippen LogP contribution in [-0.2, 0) is 41.3 Å². The van der Waals surface area contributed by atoms with Crippen molar-refractivity contribution in [3.8, 4) is 5.75 Å². The molecule has 57 heavy (non-hydrogen) atoms. The number of nitrogens with one attached hydrogen (secondary N) is 2. The van der Waals surface area contributed by atoms with Gasteiger partial charge in [-0.15, -0.1) is 0 Å². The monoisotopic (exact) mass is 778 g/mol. The number of aromatic nitrogens is 8. The van der Waals surface area contributed by atoms with E-state index >= 15 is 0 Å². The number of rotatable bonds is 11. The van der Waals surface area contributed by atoms with Gasteiger partial charge in [0.25, 0.3) is 11.1 Å². The standard InChI is InChI=1S/C42H54N10O5/c1-26-13-9-10-16-29(26)24-52-34-36(48(3)42(56)50(5)38(34)54)46-40(52)44-31-19-11-15-28(21-31)25-57-32-20-12-14-27(22-32)23-51-33-35(47(2)41(55)49(4)37(33)53)45-39(51)43-30-17-7-6-8-18-30/h12-14,16,20,22,28,30-31H,6-11,15,17-19,21,23-25H2,1-5H3,(H,43,45)(H,44,46). The van der Waals surface area contributed by atoms with Crippen molar-refractivity contribution in [2.75, 3.05) is 17.2 Å². The maximum atomic E-state index is 13.5. The van der Waals surface area contributed by atoms with Gasteiger partial charge in [0.1, 0.15) is 5.75 Å². The fourth-order valence-electron chi connectivity index (χ4n) is 8.95. The molecule has 2 N–H and O–H groups in total. The molecular weight excluding hydrogens is 725 g/mol. The molecule has 4 aromatic heterocycles. The van der Waals surface area contributed by atoms with E-state index in [9.17, 15) is 19.2 Å². The number of anilines is 2. The Labute approximate surface area is 330 Å². The molecule has 2 saturated carbocycles. The first-order valence-corrected chi connectivity index (χ1v) is 20.4. The zero-order valence-corrected chi connectivity index (χ0v) is 33.7. The molecule has 15 nitrogen and oxygen atoms in total. The second kappa shape index (κ2) is 15.7. The van der Waals surface area contributed by atoms with Crippen LogP contribution in [0.25, 0.3) is 22.3 Å². The van der Waals surface area contributed by atoms with Crippen LogP contribution in [0.1, 0.15) is 83.1 Å². The Morgan fingerprint density at radius 3 is 1.95 bits per heavy atom. The van der Waals surface area contributed by atoms with Gasteiger partial charge >= 0.3 is 11.4 Å². The van der Waals surface area contributed by atoms with Crippen LogP contribution in [0.3, 0.4) is 0 Å². The second-order valence-electron chi connectivity index (χ2n) is 16.3. The minimum Gasteiger partial charge on any atom is -0.493 e. The van der Waals surface area contributed by atoms with Crippen molar-refractivity contribution in [2.24, 2.45) is 34.1 Å². The van der Waals surface area contributed by atoms with Gasteiger partial charge in [-0.05, 0) is 81.1 Å². The molecule has 0 amide bonds. The number of fused-ring (bicyclic) bond motifs is 2. The molecule has 4 heterocycles. The predicted molar refractivity (Wildman–Crippen MR) is 222 cm³/mol. The molecule has 2 fully saturated rings. The van der Waals surface area contributed by atoms with E-state index in [1.165, 1.54) is 35.2 Å². The average molecular weight is 779 g/mol. The van der Waals surface area contributed by atoms with Crippen LogP contribution in [0.5, 0.6) is 5.75 Å². The molecule has 0 aliphatic heterocycles. The molecule has 0 saturated heterocycles. The maximum absolute atomic E-state index is 13.5. The first kappa shape index (κ1) is 38.3. The summed E-state index contributed by atoms with van der Waals surface area (Å²) in [6.45, 7) is 3.51. The summed E-state index contributed by atoms with van der Waals surface area (Å²) in [7, 11) is 6.33. The SMILES string of the molecule is CC1=CCCC=C1Cn1c(NC2CCCC(COc3cccc(Cn4c(NC5CCCCC5)nc5c4c(=O)n(C)c(=O)n5C)c3)C2)nc2c1c(=O)n(C)c(=O)n2C. The smallest absolute Gasteiger partial charge is 0.332 e. The van der Waals surface area contributed by atoms with Crippen LogP contribution in [-0.4, -0.2) is 56.1 Å². The Balaban J connectivity index is 1.00. The van der Waals surface area contributed by atoms with E-state index in [-0.39, 0.29) is 29.1 Å². The number of imidazole rings is 2. The van der Waals surface area contributed by atoms with E-state index in [0.29, 0.717) is 53.9 Å². The van der Waals surface area contributed by atoms with Crippen molar-refractivity contribution in [2.45, 2.75) is 103 Å². The fraction of sp³-hybridized carbons (Fsp3) is 0.524. The molecular formula is C42H54N10O5. The molecule has 5 aromatic rings. The molecule has 3 aliphatic rings. The molecule has 0 radical (unpaired) electrons. The van der Waals surface area contributed by atoms with E-state index in [1.54, 1.807) is 14.1 Å². The second-order valence-corrected chi connectivity index (χ2v) is 16.3. The van der Waals surface area contributed by atoms with Crippen LogP contribution in [0.4, 0.5) is 11.9 Å². The first-order valence-electron chi connectivity index (χ1n) is 20.4. The van der Waals surface area contributed by atoms with Crippen molar-refractivity contribution in [3.05, 3.63) is 94.8 Å². The highest BCUT2D eigenvalue weighted by Gasteiger charge is 2.27. The lowest BCUT2D eigenvalue weighted by molar-refractivity contribution is 0.202. The topological polar surface area (TPSA) is 157 Å².